The summed E-state index contributed by atoms with van der Waals surface area (Å²) in [5, 5.41) is 0. The molecule has 23 heavy (non-hydrogen) atoms. The molecule has 0 saturated carbocycles. The van der Waals surface area contributed by atoms with E-state index in [0.717, 1.165) is 27.7 Å². The Morgan fingerprint density at radius 1 is 0.957 bits per heavy atom. The quantitative estimate of drug-likeness (QED) is 0.563. The van der Waals surface area contributed by atoms with Gasteiger partial charge < -0.3 is 0 Å². The van der Waals surface area contributed by atoms with Gasteiger partial charge in [-0.05, 0) is 36.8 Å². The summed E-state index contributed by atoms with van der Waals surface area (Å²) < 4.78 is 15.7. The zero-order chi connectivity index (χ0) is 15.8. The standard InChI is InChI=1S/C18H13FN4/c1-12-7-9-20-10-14(12)13-4-2-6-16-17(13)22-11-23(16)18-15(19)5-3-8-21-18/h2-11H,1H3. The first-order valence-corrected chi connectivity index (χ1v) is 7.23. The Hall–Kier alpha value is -3.08. The number of aryl methyl sites for hydroxylation is 1. The molecule has 0 amide bonds. The molecule has 3 aromatic heterocycles. The number of hydrogen-bond acceptors (Lipinski definition) is 3. The average molecular weight is 304 g/mol. The van der Waals surface area contributed by atoms with Crippen molar-refractivity contribution < 1.29 is 4.39 Å². The Bertz CT molecular complexity index is 1010. The summed E-state index contributed by atoms with van der Waals surface area (Å²) in [6, 6.07) is 10.8. The largest absolute Gasteiger partial charge is 0.280 e. The van der Waals surface area contributed by atoms with Gasteiger partial charge in [0.05, 0.1) is 11.0 Å². The number of para-hydroxylation sites is 1. The second-order valence-electron chi connectivity index (χ2n) is 5.29. The van der Waals surface area contributed by atoms with E-state index in [2.05, 4.69) is 15.0 Å². The molecule has 0 aliphatic rings. The lowest BCUT2D eigenvalue weighted by atomic mass is 10.0. The monoisotopic (exact) mass is 304 g/mol. The van der Waals surface area contributed by atoms with Gasteiger partial charge in [-0.3, -0.25) is 9.55 Å². The topological polar surface area (TPSA) is 43.6 Å². The SMILES string of the molecule is Cc1ccncc1-c1cccc2c1ncn2-c1ncccc1F. The second-order valence-corrected chi connectivity index (χ2v) is 5.29. The molecule has 0 aliphatic carbocycles. The molecule has 4 aromatic rings. The van der Waals surface area contributed by atoms with Crippen LogP contribution in [-0.2, 0) is 0 Å². The highest BCUT2D eigenvalue weighted by atomic mass is 19.1. The van der Waals surface area contributed by atoms with Gasteiger partial charge in [0, 0.05) is 29.7 Å². The first-order chi connectivity index (χ1) is 11.3. The van der Waals surface area contributed by atoms with Gasteiger partial charge in [0.2, 0.25) is 0 Å². The van der Waals surface area contributed by atoms with Crippen molar-refractivity contribution in [2.24, 2.45) is 0 Å². The summed E-state index contributed by atoms with van der Waals surface area (Å²) in [4.78, 5) is 12.8. The zero-order valence-electron chi connectivity index (χ0n) is 12.4. The lowest BCUT2D eigenvalue weighted by Crippen LogP contribution is -1.99. The summed E-state index contributed by atoms with van der Waals surface area (Å²) in [5.74, 6) is -0.134. The van der Waals surface area contributed by atoms with Crippen molar-refractivity contribution in [2.75, 3.05) is 0 Å². The summed E-state index contributed by atoms with van der Waals surface area (Å²) in [7, 11) is 0. The molecule has 0 saturated heterocycles. The van der Waals surface area contributed by atoms with Crippen molar-refractivity contribution in [1.29, 1.82) is 0 Å². The Kier molecular flexibility index (Phi) is 3.12. The van der Waals surface area contributed by atoms with Gasteiger partial charge in [0.25, 0.3) is 0 Å². The smallest absolute Gasteiger partial charge is 0.174 e. The zero-order valence-corrected chi connectivity index (χ0v) is 12.4. The number of imidazole rings is 1. The number of nitrogens with zero attached hydrogens (tertiary/aromatic N) is 4. The lowest BCUT2D eigenvalue weighted by Gasteiger charge is -2.07. The highest BCUT2D eigenvalue weighted by Crippen LogP contribution is 2.30. The number of rotatable bonds is 2. The van der Waals surface area contributed by atoms with Crippen LogP contribution < -0.4 is 0 Å². The molecule has 0 atom stereocenters. The van der Waals surface area contributed by atoms with E-state index in [1.165, 1.54) is 6.07 Å². The molecule has 5 heteroatoms. The molecule has 0 aliphatic heterocycles. The molecule has 0 radical (unpaired) electrons. The van der Waals surface area contributed by atoms with E-state index in [9.17, 15) is 4.39 Å². The van der Waals surface area contributed by atoms with E-state index in [4.69, 9.17) is 0 Å². The Morgan fingerprint density at radius 3 is 2.70 bits per heavy atom. The van der Waals surface area contributed by atoms with Crippen molar-refractivity contribution in [3.63, 3.8) is 0 Å². The first kappa shape index (κ1) is 13.6. The lowest BCUT2D eigenvalue weighted by molar-refractivity contribution is 0.611. The van der Waals surface area contributed by atoms with Gasteiger partial charge in [-0.1, -0.05) is 12.1 Å². The number of hydrogen-bond donors (Lipinski definition) is 0. The van der Waals surface area contributed by atoms with Crippen LogP contribution in [0.3, 0.4) is 0 Å². The fourth-order valence-electron chi connectivity index (χ4n) is 2.73. The molecule has 4 rings (SSSR count). The molecule has 0 fully saturated rings. The summed E-state index contributed by atoms with van der Waals surface area (Å²) in [5.41, 5.74) is 4.72. The van der Waals surface area contributed by atoms with E-state index in [1.807, 2.05) is 37.4 Å². The third kappa shape index (κ3) is 2.17. The van der Waals surface area contributed by atoms with E-state index in [0.29, 0.717) is 0 Å². The molecule has 0 spiro atoms. The van der Waals surface area contributed by atoms with Gasteiger partial charge in [-0.2, -0.15) is 0 Å². The van der Waals surface area contributed by atoms with Gasteiger partial charge in [-0.15, -0.1) is 0 Å². The molecule has 0 bridgehead atoms. The average Bonchev–Trinajstić information content (AvgIpc) is 3.00. The highest BCUT2D eigenvalue weighted by molar-refractivity contribution is 5.93. The normalized spacial score (nSPS) is 11.0. The first-order valence-electron chi connectivity index (χ1n) is 7.23. The van der Waals surface area contributed by atoms with Crippen LogP contribution >= 0.6 is 0 Å². The van der Waals surface area contributed by atoms with Crippen LogP contribution in [0.25, 0.3) is 28.0 Å². The number of aromatic nitrogens is 4. The third-order valence-electron chi connectivity index (χ3n) is 3.87. The maximum absolute atomic E-state index is 14.0. The molecule has 112 valence electrons. The van der Waals surface area contributed by atoms with Crippen LogP contribution in [0.4, 0.5) is 4.39 Å². The predicted octanol–water partition coefficient (Wildman–Crippen LogP) is 3.93. The summed E-state index contributed by atoms with van der Waals surface area (Å²) in [6.45, 7) is 2.03. The van der Waals surface area contributed by atoms with Gasteiger partial charge in [0.1, 0.15) is 6.33 Å². The van der Waals surface area contributed by atoms with Crippen LogP contribution in [0.15, 0.2) is 61.3 Å². The van der Waals surface area contributed by atoms with Gasteiger partial charge >= 0.3 is 0 Å². The fourth-order valence-corrected chi connectivity index (χ4v) is 2.73. The maximum Gasteiger partial charge on any atom is 0.174 e. The fraction of sp³-hybridized carbons (Fsp3) is 0.0556. The maximum atomic E-state index is 14.0. The number of pyridine rings is 2. The number of benzene rings is 1. The molecule has 1 aromatic carbocycles. The van der Waals surface area contributed by atoms with Crippen LogP contribution in [0.1, 0.15) is 5.56 Å². The highest BCUT2D eigenvalue weighted by Gasteiger charge is 2.14. The van der Waals surface area contributed by atoms with E-state index >= 15 is 0 Å². The van der Waals surface area contributed by atoms with E-state index in [1.54, 1.807) is 29.4 Å². The minimum Gasteiger partial charge on any atom is -0.280 e. The van der Waals surface area contributed by atoms with Gasteiger partial charge in [-0.25, -0.2) is 14.4 Å². The van der Waals surface area contributed by atoms with Crippen molar-refractivity contribution in [3.05, 3.63) is 72.7 Å². The molecular weight excluding hydrogens is 291 g/mol. The van der Waals surface area contributed by atoms with Gasteiger partial charge in [0.15, 0.2) is 11.6 Å². The molecule has 4 nitrogen and oxygen atoms in total. The van der Waals surface area contributed by atoms with Crippen molar-refractivity contribution in [2.45, 2.75) is 6.92 Å². The predicted molar refractivity (Wildman–Crippen MR) is 86.8 cm³/mol. The van der Waals surface area contributed by atoms with Crippen molar-refractivity contribution in [3.8, 4) is 16.9 Å². The summed E-state index contributed by atoms with van der Waals surface area (Å²) in [6.07, 6.45) is 6.76. The van der Waals surface area contributed by atoms with Crippen LogP contribution in [0.5, 0.6) is 0 Å². The molecular formula is C18H13FN4. The number of fused-ring (bicyclic) bond motifs is 1. The Morgan fingerprint density at radius 2 is 1.87 bits per heavy atom. The van der Waals surface area contributed by atoms with Crippen LogP contribution in [-0.4, -0.2) is 19.5 Å². The summed E-state index contributed by atoms with van der Waals surface area (Å²) >= 11 is 0. The third-order valence-corrected chi connectivity index (χ3v) is 3.87. The van der Waals surface area contributed by atoms with E-state index < -0.39 is 0 Å². The van der Waals surface area contributed by atoms with Crippen LogP contribution in [0.2, 0.25) is 0 Å². The Labute approximate surface area is 132 Å². The molecule has 0 unspecified atom stereocenters. The molecule has 0 N–H and O–H groups in total. The van der Waals surface area contributed by atoms with Crippen LogP contribution in [0, 0.1) is 12.7 Å². The van der Waals surface area contributed by atoms with Crippen molar-refractivity contribution >= 4 is 11.0 Å². The van der Waals surface area contributed by atoms with Crippen molar-refractivity contribution in [1.82, 2.24) is 19.5 Å². The minimum absolute atomic E-state index is 0.245. The molecule has 3 heterocycles. The van der Waals surface area contributed by atoms with E-state index in [-0.39, 0.29) is 11.6 Å². The Balaban J connectivity index is 1.98. The number of halogens is 1. The second kappa shape index (κ2) is 5.28. The minimum atomic E-state index is -0.380.